The smallest absolute Gasteiger partial charge is 0.161 e. The van der Waals surface area contributed by atoms with Gasteiger partial charge in [-0.25, -0.2) is 0 Å². The van der Waals surface area contributed by atoms with E-state index in [-0.39, 0.29) is 11.2 Å². The van der Waals surface area contributed by atoms with Crippen molar-refractivity contribution in [2.45, 2.75) is 20.8 Å². The molecule has 0 aliphatic carbocycles. The van der Waals surface area contributed by atoms with Crippen LogP contribution in [0, 0.1) is 5.41 Å². The van der Waals surface area contributed by atoms with E-state index in [9.17, 15) is 4.79 Å². The number of ketones is 1. The van der Waals surface area contributed by atoms with Crippen LogP contribution in [0.25, 0.3) is 6.08 Å². The molecule has 0 aromatic heterocycles. The highest BCUT2D eigenvalue weighted by molar-refractivity contribution is 5.97. The second-order valence-electron chi connectivity index (χ2n) is 5.35. The molecule has 0 atom stereocenters. The molecule has 1 aliphatic heterocycles. The van der Waals surface area contributed by atoms with Gasteiger partial charge in [0.15, 0.2) is 17.3 Å². The second kappa shape index (κ2) is 4.84. The Morgan fingerprint density at radius 1 is 1.17 bits per heavy atom. The summed E-state index contributed by atoms with van der Waals surface area (Å²) in [7, 11) is 0. The van der Waals surface area contributed by atoms with Crippen molar-refractivity contribution < 1.29 is 14.3 Å². The highest BCUT2D eigenvalue weighted by Gasteiger charge is 2.18. The highest BCUT2D eigenvalue weighted by Crippen LogP contribution is 2.31. The molecule has 0 fully saturated rings. The van der Waals surface area contributed by atoms with Gasteiger partial charge in [-0.05, 0) is 23.8 Å². The lowest BCUT2D eigenvalue weighted by Crippen LogP contribution is -2.17. The van der Waals surface area contributed by atoms with Crippen molar-refractivity contribution >= 4 is 11.9 Å². The molecule has 0 spiro atoms. The van der Waals surface area contributed by atoms with Crippen LogP contribution >= 0.6 is 0 Å². The normalized spacial score (nSPS) is 14.8. The number of allylic oxidation sites excluding steroid dienone is 1. The zero-order valence-electron chi connectivity index (χ0n) is 11.0. The largest absolute Gasteiger partial charge is 0.486 e. The van der Waals surface area contributed by atoms with Crippen molar-refractivity contribution in [1.29, 1.82) is 0 Å². The highest BCUT2D eigenvalue weighted by atomic mass is 16.6. The molecular weight excluding hydrogens is 228 g/mol. The molecular formula is C15H18O3. The zero-order chi connectivity index (χ0) is 13.2. The van der Waals surface area contributed by atoms with Crippen molar-refractivity contribution in [1.82, 2.24) is 0 Å². The van der Waals surface area contributed by atoms with Crippen molar-refractivity contribution in [3.63, 3.8) is 0 Å². The molecule has 0 radical (unpaired) electrons. The first kappa shape index (κ1) is 12.7. The predicted octanol–water partition coefficient (Wildman–Crippen LogP) is 3.09. The van der Waals surface area contributed by atoms with Crippen LogP contribution < -0.4 is 9.47 Å². The summed E-state index contributed by atoms with van der Waals surface area (Å²) in [5.74, 6) is 1.62. The average molecular weight is 246 g/mol. The van der Waals surface area contributed by atoms with E-state index in [2.05, 4.69) is 0 Å². The fourth-order valence-electron chi connectivity index (χ4n) is 1.59. The van der Waals surface area contributed by atoms with E-state index in [1.807, 2.05) is 45.0 Å². The van der Waals surface area contributed by atoms with Gasteiger partial charge in [0.2, 0.25) is 0 Å². The molecule has 2 rings (SSSR count). The van der Waals surface area contributed by atoms with Crippen LogP contribution in [0.2, 0.25) is 0 Å². The van der Waals surface area contributed by atoms with Gasteiger partial charge in [0, 0.05) is 5.41 Å². The van der Waals surface area contributed by atoms with E-state index in [1.165, 1.54) is 0 Å². The Balaban J connectivity index is 2.15. The van der Waals surface area contributed by atoms with E-state index in [0.717, 1.165) is 17.1 Å². The van der Waals surface area contributed by atoms with Gasteiger partial charge in [-0.3, -0.25) is 4.79 Å². The SMILES string of the molecule is CC(C)(C)C(=O)C=Cc1ccc2c(c1)OCCO2. The fraction of sp³-hybridized carbons (Fsp3) is 0.400. The molecule has 0 unspecified atom stereocenters. The average Bonchev–Trinajstić information content (AvgIpc) is 2.34. The maximum Gasteiger partial charge on any atom is 0.161 e. The van der Waals surface area contributed by atoms with E-state index in [4.69, 9.17) is 9.47 Å². The van der Waals surface area contributed by atoms with E-state index in [0.29, 0.717) is 13.2 Å². The summed E-state index contributed by atoms with van der Waals surface area (Å²) >= 11 is 0. The van der Waals surface area contributed by atoms with Crippen LogP contribution in [0.15, 0.2) is 24.3 Å². The summed E-state index contributed by atoms with van der Waals surface area (Å²) in [5.41, 5.74) is 0.599. The van der Waals surface area contributed by atoms with Gasteiger partial charge in [-0.15, -0.1) is 0 Å². The standard InChI is InChI=1S/C15H18O3/c1-15(2,3)14(16)7-5-11-4-6-12-13(10-11)18-9-8-17-12/h4-7,10H,8-9H2,1-3H3. The number of benzene rings is 1. The van der Waals surface area contributed by atoms with Gasteiger partial charge in [0.1, 0.15) is 13.2 Å². The minimum atomic E-state index is -0.343. The first-order chi connectivity index (χ1) is 8.47. The molecule has 1 heterocycles. The Bertz CT molecular complexity index is 481. The number of hydrogen-bond donors (Lipinski definition) is 0. The van der Waals surface area contributed by atoms with Gasteiger partial charge in [-0.1, -0.05) is 32.9 Å². The zero-order valence-corrected chi connectivity index (χ0v) is 11.0. The van der Waals surface area contributed by atoms with Crippen LogP contribution in [0.5, 0.6) is 11.5 Å². The number of rotatable bonds is 2. The maximum atomic E-state index is 11.8. The molecule has 0 N–H and O–H groups in total. The minimum absolute atomic E-state index is 0.109. The summed E-state index contributed by atoms with van der Waals surface area (Å²) < 4.78 is 10.9. The molecule has 3 nitrogen and oxygen atoms in total. The summed E-state index contributed by atoms with van der Waals surface area (Å²) in [6.45, 7) is 6.88. The van der Waals surface area contributed by atoms with E-state index >= 15 is 0 Å². The third-order valence-electron chi connectivity index (χ3n) is 2.73. The van der Waals surface area contributed by atoms with Gasteiger partial charge < -0.3 is 9.47 Å². The Labute approximate surface area is 107 Å². The number of fused-ring (bicyclic) bond motifs is 1. The lowest BCUT2D eigenvalue weighted by molar-refractivity contribution is -0.121. The van der Waals surface area contributed by atoms with Crippen LogP contribution in [0.1, 0.15) is 26.3 Å². The summed E-state index contributed by atoms with van der Waals surface area (Å²) in [6.07, 6.45) is 3.43. The topological polar surface area (TPSA) is 35.5 Å². The Morgan fingerprint density at radius 3 is 2.50 bits per heavy atom. The van der Waals surface area contributed by atoms with E-state index in [1.54, 1.807) is 6.08 Å². The second-order valence-corrected chi connectivity index (χ2v) is 5.35. The fourth-order valence-corrected chi connectivity index (χ4v) is 1.59. The van der Waals surface area contributed by atoms with Crippen molar-refractivity contribution in [2.24, 2.45) is 5.41 Å². The molecule has 1 aromatic carbocycles. The molecule has 0 saturated heterocycles. The summed E-state index contributed by atoms with van der Waals surface area (Å²) in [4.78, 5) is 11.8. The first-order valence-corrected chi connectivity index (χ1v) is 6.09. The molecule has 1 aliphatic rings. The lowest BCUT2D eigenvalue weighted by atomic mass is 9.90. The van der Waals surface area contributed by atoms with Crippen molar-refractivity contribution in [3.05, 3.63) is 29.8 Å². The molecule has 0 bridgehead atoms. The molecule has 3 heteroatoms. The molecule has 96 valence electrons. The third kappa shape index (κ3) is 2.92. The van der Waals surface area contributed by atoms with Crippen molar-refractivity contribution in [2.75, 3.05) is 13.2 Å². The molecule has 1 aromatic rings. The van der Waals surface area contributed by atoms with Crippen LogP contribution in [-0.4, -0.2) is 19.0 Å². The van der Waals surface area contributed by atoms with Crippen LogP contribution in [0.4, 0.5) is 0 Å². The first-order valence-electron chi connectivity index (χ1n) is 6.09. The summed E-state index contributed by atoms with van der Waals surface area (Å²) in [6, 6.07) is 5.68. The number of ether oxygens (including phenoxy) is 2. The van der Waals surface area contributed by atoms with Crippen molar-refractivity contribution in [3.8, 4) is 11.5 Å². The van der Waals surface area contributed by atoms with E-state index < -0.39 is 0 Å². The third-order valence-corrected chi connectivity index (χ3v) is 2.73. The monoisotopic (exact) mass is 246 g/mol. The van der Waals surface area contributed by atoms with Gasteiger partial charge in [0.25, 0.3) is 0 Å². The molecule has 0 saturated carbocycles. The van der Waals surface area contributed by atoms with Crippen LogP contribution in [0.3, 0.4) is 0 Å². The quantitative estimate of drug-likeness (QED) is 0.752. The number of hydrogen-bond acceptors (Lipinski definition) is 3. The number of carbonyl (C=O) groups excluding carboxylic acids is 1. The molecule has 0 amide bonds. The van der Waals surface area contributed by atoms with Gasteiger partial charge in [0.05, 0.1) is 0 Å². The van der Waals surface area contributed by atoms with Crippen LogP contribution in [-0.2, 0) is 4.79 Å². The number of carbonyl (C=O) groups is 1. The Kier molecular flexibility index (Phi) is 3.41. The Hall–Kier alpha value is -1.77. The van der Waals surface area contributed by atoms with Gasteiger partial charge in [-0.2, -0.15) is 0 Å². The predicted molar refractivity (Wildman–Crippen MR) is 70.9 cm³/mol. The summed E-state index contributed by atoms with van der Waals surface area (Å²) in [5, 5.41) is 0. The van der Waals surface area contributed by atoms with Gasteiger partial charge >= 0.3 is 0 Å². The Morgan fingerprint density at radius 2 is 1.83 bits per heavy atom. The maximum absolute atomic E-state index is 11.8. The molecule has 18 heavy (non-hydrogen) atoms. The minimum Gasteiger partial charge on any atom is -0.486 e. The lowest BCUT2D eigenvalue weighted by Gasteiger charge is -2.18.